The number of imide groups is 1. The lowest BCUT2D eigenvalue weighted by atomic mass is 9.74. The van der Waals surface area contributed by atoms with E-state index < -0.39 is 28.9 Å². The summed E-state index contributed by atoms with van der Waals surface area (Å²) in [6.45, 7) is 1.69. The summed E-state index contributed by atoms with van der Waals surface area (Å²) < 4.78 is 26.0. The van der Waals surface area contributed by atoms with Gasteiger partial charge >= 0.3 is 0 Å². The van der Waals surface area contributed by atoms with Gasteiger partial charge in [0.2, 0.25) is 11.8 Å². The Morgan fingerprint density at radius 2 is 1.71 bits per heavy atom. The van der Waals surface area contributed by atoms with E-state index in [-0.39, 0.29) is 12.8 Å². The highest BCUT2D eigenvalue weighted by Crippen LogP contribution is 2.34. The third-order valence-electron chi connectivity index (χ3n) is 3.00. The molecule has 0 atom stereocenters. The van der Waals surface area contributed by atoms with Crippen LogP contribution in [-0.2, 0) is 15.0 Å². The van der Waals surface area contributed by atoms with E-state index in [1.54, 1.807) is 6.92 Å². The van der Waals surface area contributed by atoms with E-state index in [4.69, 9.17) is 0 Å². The Labute approximate surface area is 96.8 Å². The molecular formula is C12H11F2NO2. The van der Waals surface area contributed by atoms with Crippen molar-refractivity contribution in [3.05, 3.63) is 35.4 Å². The summed E-state index contributed by atoms with van der Waals surface area (Å²) in [4.78, 5) is 22.6. The third kappa shape index (κ3) is 2.18. The lowest BCUT2D eigenvalue weighted by Crippen LogP contribution is -2.45. The number of hydrogen-bond acceptors (Lipinski definition) is 2. The minimum atomic E-state index is -0.970. The van der Waals surface area contributed by atoms with Crippen LogP contribution < -0.4 is 5.32 Å². The topological polar surface area (TPSA) is 46.2 Å². The van der Waals surface area contributed by atoms with Gasteiger partial charge in [-0.3, -0.25) is 14.9 Å². The first-order chi connectivity index (χ1) is 7.90. The zero-order valence-electron chi connectivity index (χ0n) is 9.22. The Bertz CT molecular complexity index is 483. The van der Waals surface area contributed by atoms with Gasteiger partial charge in [0.05, 0.1) is 0 Å². The highest BCUT2D eigenvalue weighted by Gasteiger charge is 2.37. The van der Waals surface area contributed by atoms with Crippen molar-refractivity contribution >= 4 is 11.8 Å². The van der Waals surface area contributed by atoms with E-state index in [9.17, 15) is 18.4 Å². The van der Waals surface area contributed by atoms with Gasteiger partial charge < -0.3 is 0 Å². The molecule has 3 nitrogen and oxygen atoms in total. The van der Waals surface area contributed by atoms with Crippen molar-refractivity contribution in [1.29, 1.82) is 0 Å². The van der Waals surface area contributed by atoms with Crippen molar-refractivity contribution in [2.24, 2.45) is 0 Å². The van der Waals surface area contributed by atoms with Gasteiger partial charge in [-0.25, -0.2) is 8.78 Å². The van der Waals surface area contributed by atoms with Crippen molar-refractivity contribution in [3.8, 4) is 0 Å². The minimum Gasteiger partial charge on any atom is -0.296 e. The van der Waals surface area contributed by atoms with Gasteiger partial charge in [0.1, 0.15) is 0 Å². The Morgan fingerprint density at radius 3 is 2.24 bits per heavy atom. The van der Waals surface area contributed by atoms with Gasteiger partial charge in [0, 0.05) is 18.3 Å². The molecule has 2 rings (SSSR count). The maximum atomic E-state index is 13.1. The number of piperidine rings is 1. The van der Waals surface area contributed by atoms with Crippen molar-refractivity contribution in [1.82, 2.24) is 5.32 Å². The van der Waals surface area contributed by atoms with Crippen LogP contribution in [0.3, 0.4) is 0 Å². The molecule has 2 amide bonds. The van der Waals surface area contributed by atoms with Crippen molar-refractivity contribution in [2.45, 2.75) is 25.2 Å². The highest BCUT2D eigenvalue weighted by molar-refractivity contribution is 5.99. The van der Waals surface area contributed by atoms with Crippen molar-refractivity contribution in [2.75, 3.05) is 0 Å². The summed E-state index contributed by atoms with van der Waals surface area (Å²) in [6, 6.07) is 3.46. The molecule has 0 aromatic heterocycles. The van der Waals surface area contributed by atoms with E-state index in [1.165, 1.54) is 6.07 Å². The summed E-state index contributed by atoms with van der Waals surface area (Å²) in [6.07, 6.45) is 0.174. The predicted molar refractivity (Wildman–Crippen MR) is 56.1 cm³/mol. The van der Waals surface area contributed by atoms with Gasteiger partial charge in [0.15, 0.2) is 11.6 Å². The minimum absolute atomic E-state index is 0.0871. The SMILES string of the molecule is CC1(c2ccc(F)c(F)c2)CC(=O)NC(=O)C1. The molecule has 0 spiro atoms. The molecule has 0 unspecified atom stereocenters. The molecule has 5 heteroatoms. The summed E-state index contributed by atoms with van der Waals surface area (Å²) >= 11 is 0. The van der Waals surface area contributed by atoms with Gasteiger partial charge in [0.25, 0.3) is 0 Å². The van der Waals surface area contributed by atoms with E-state index in [2.05, 4.69) is 5.32 Å². The Hall–Kier alpha value is -1.78. The molecule has 1 aliphatic rings. The van der Waals surface area contributed by atoms with Gasteiger partial charge in [-0.05, 0) is 17.7 Å². The van der Waals surface area contributed by atoms with Gasteiger partial charge in [-0.15, -0.1) is 0 Å². The van der Waals surface area contributed by atoms with Gasteiger partial charge in [-0.1, -0.05) is 13.0 Å². The second kappa shape index (κ2) is 3.91. The van der Waals surface area contributed by atoms with Crippen LogP contribution in [0.25, 0.3) is 0 Å². The largest absolute Gasteiger partial charge is 0.296 e. The Balaban J connectivity index is 2.39. The lowest BCUT2D eigenvalue weighted by Gasteiger charge is -2.32. The van der Waals surface area contributed by atoms with E-state index in [0.717, 1.165) is 12.1 Å². The molecule has 1 saturated heterocycles. The van der Waals surface area contributed by atoms with Crippen molar-refractivity contribution in [3.63, 3.8) is 0 Å². The first-order valence-corrected chi connectivity index (χ1v) is 5.19. The van der Waals surface area contributed by atoms with Crippen LogP contribution in [0.1, 0.15) is 25.3 Å². The Morgan fingerprint density at radius 1 is 1.12 bits per heavy atom. The number of benzene rings is 1. The fourth-order valence-electron chi connectivity index (χ4n) is 2.09. The highest BCUT2D eigenvalue weighted by atomic mass is 19.2. The molecule has 0 bridgehead atoms. The fourth-order valence-corrected chi connectivity index (χ4v) is 2.09. The first kappa shape index (κ1) is 11.7. The van der Waals surface area contributed by atoms with E-state index >= 15 is 0 Å². The quantitative estimate of drug-likeness (QED) is 0.757. The Kier molecular flexibility index (Phi) is 2.69. The molecule has 0 radical (unpaired) electrons. The first-order valence-electron chi connectivity index (χ1n) is 5.19. The molecular weight excluding hydrogens is 228 g/mol. The summed E-state index contributed by atoms with van der Waals surface area (Å²) in [5, 5.41) is 2.18. The molecule has 1 heterocycles. The number of nitrogens with one attached hydrogen (secondary N) is 1. The van der Waals surface area contributed by atoms with E-state index in [0.29, 0.717) is 5.56 Å². The van der Waals surface area contributed by atoms with Crippen LogP contribution in [0, 0.1) is 11.6 Å². The van der Waals surface area contributed by atoms with E-state index in [1.807, 2.05) is 0 Å². The average Bonchev–Trinajstić information content (AvgIpc) is 2.19. The number of carbonyl (C=O) groups is 2. The number of amides is 2. The molecule has 1 aliphatic heterocycles. The number of rotatable bonds is 1. The summed E-state index contributed by atoms with van der Waals surface area (Å²) in [5.41, 5.74) is -0.312. The second-order valence-electron chi connectivity index (χ2n) is 4.51. The van der Waals surface area contributed by atoms with Crippen LogP contribution in [0.2, 0.25) is 0 Å². The average molecular weight is 239 g/mol. The summed E-state index contributed by atoms with van der Waals surface area (Å²) in [7, 11) is 0. The smallest absolute Gasteiger partial charge is 0.227 e. The zero-order chi connectivity index (χ0) is 12.6. The van der Waals surface area contributed by atoms with Crippen LogP contribution in [0.4, 0.5) is 8.78 Å². The van der Waals surface area contributed by atoms with Crippen LogP contribution in [-0.4, -0.2) is 11.8 Å². The number of hydrogen-bond donors (Lipinski definition) is 1. The molecule has 1 aromatic rings. The molecule has 1 fully saturated rings. The number of carbonyl (C=O) groups excluding carboxylic acids is 2. The van der Waals surface area contributed by atoms with Crippen LogP contribution in [0.5, 0.6) is 0 Å². The van der Waals surface area contributed by atoms with Crippen molar-refractivity contribution < 1.29 is 18.4 Å². The maximum absolute atomic E-state index is 13.1. The molecule has 17 heavy (non-hydrogen) atoms. The molecule has 90 valence electrons. The summed E-state index contributed by atoms with van der Waals surface area (Å²) in [5.74, 6) is -2.70. The van der Waals surface area contributed by atoms with Crippen LogP contribution in [0.15, 0.2) is 18.2 Å². The van der Waals surface area contributed by atoms with Crippen LogP contribution >= 0.6 is 0 Å². The number of halogens is 2. The zero-order valence-corrected chi connectivity index (χ0v) is 9.22. The standard InChI is InChI=1S/C12H11F2NO2/c1-12(5-10(16)15-11(17)6-12)7-2-3-8(13)9(14)4-7/h2-4H,5-6H2,1H3,(H,15,16,17). The normalized spacial score (nSPS) is 19.0. The van der Waals surface area contributed by atoms with Gasteiger partial charge in [-0.2, -0.15) is 0 Å². The lowest BCUT2D eigenvalue weighted by molar-refractivity contribution is -0.135. The molecule has 1 aromatic carbocycles. The maximum Gasteiger partial charge on any atom is 0.227 e. The fraction of sp³-hybridized carbons (Fsp3) is 0.333. The molecule has 1 N–H and O–H groups in total. The third-order valence-corrected chi connectivity index (χ3v) is 3.00. The predicted octanol–water partition coefficient (Wildman–Crippen LogP) is 1.66. The molecule has 0 saturated carbocycles. The monoisotopic (exact) mass is 239 g/mol. The second-order valence-corrected chi connectivity index (χ2v) is 4.51. The molecule has 0 aliphatic carbocycles.